The molecule has 0 aliphatic carbocycles. The third-order valence-corrected chi connectivity index (χ3v) is 3.49. The first-order valence-electron chi connectivity index (χ1n) is 6.77. The van der Waals surface area contributed by atoms with Gasteiger partial charge in [-0.3, -0.25) is 4.98 Å². The highest BCUT2D eigenvalue weighted by molar-refractivity contribution is 5.30. The Bertz CT molecular complexity index is 541. The van der Waals surface area contributed by atoms with E-state index < -0.39 is 0 Å². The Labute approximate surface area is 115 Å². The van der Waals surface area contributed by atoms with Crippen molar-refractivity contribution in [1.82, 2.24) is 10.3 Å². The van der Waals surface area contributed by atoms with Crippen LogP contribution in [-0.2, 0) is 6.54 Å². The topological polar surface area (TPSA) is 24.9 Å². The van der Waals surface area contributed by atoms with Crippen molar-refractivity contribution >= 4 is 0 Å². The molecule has 1 atom stereocenters. The molecular weight excluding hydrogens is 232 g/mol. The van der Waals surface area contributed by atoms with E-state index in [9.17, 15) is 0 Å². The fourth-order valence-electron chi connectivity index (χ4n) is 2.32. The zero-order valence-electron chi connectivity index (χ0n) is 12.2. The van der Waals surface area contributed by atoms with Crippen LogP contribution in [0, 0.1) is 20.8 Å². The average Bonchev–Trinajstić information content (AvgIpc) is 2.36. The van der Waals surface area contributed by atoms with Crippen molar-refractivity contribution in [1.29, 1.82) is 0 Å². The molecule has 1 aromatic heterocycles. The van der Waals surface area contributed by atoms with Gasteiger partial charge in [0.05, 0.1) is 0 Å². The van der Waals surface area contributed by atoms with E-state index >= 15 is 0 Å². The Balaban J connectivity index is 2.05. The minimum absolute atomic E-state index is 0.346. The smallest absolute Gasteiger partial charge is 0.0315 e. The van der Waals surface area contributed by atoms with Crippen LogP contribution < -0.4 is 5.32 Å². The molecule has 0 fully saturated rings. The van der Waals surface area contributed by atoms with Crippen molar-refractivity contribution in [2.75, 3.05) is 0 Å². The number of nitrogens with zero attached hydrogens (tertiary/aromatic N) is 1. The van der Waals surface area contributed by atoms with Crippen molar-refractivity contribution in [2.24, 2.45) is 0 Å². The molecule has 2 aromatic rings. The minimum Gasteiger partial charge on any atom is -0.306 e. The summed E-state index contributed by atoms with van der Waals surface area (Å²) in [6.07, 6.45) is 3.78. The summed E-state index contributed by atoms with van der Waals surface area (Å²) in [6, 6.07) is 9.11. The average molecular weight is 254 g/mol. The van der Waals surface area contributed by atoms with Crippen molar-refractivity contribution < 1.29 is 0 Å². The third-order valence-electron chi connectivity index (χ3n) is 3.49. The zero-order valence-corrected chi connectivity index (χ0v) is 12.2. The summed E-state index contributed by atoms with van der Waals surface area (Å²) < 4.78 is 0. The number of hydrogen-bond donors (Lipinski definition) is 1. The van der Waals surface area contributed by atoms with Gasteiger partial charge in [-0.05, 0) is 50.5 Å². The highest BCUT2D eigenvalue weighted by atomic mass is 14.9. The number of aryl methyl sites for hydroxylation is 3. The molecule has 2 rings (SSSR count). The lowest BCUT2D eigenvalue weighted by atomic mass is 10.0. The van der Waals surface area contributed by atoms with Crippen LogP contribution in [0.5, 0.6) is 0 Å². The Morgan fingerprint density at radius 3 is 2.42 bits per heavy atom. The molecule has 1 unspecified atom stereocenters. The van der Waals surface area contributed by atoms with Crippen molar-refractivity contribution in [3.05, 3.63) is 64.5 Å². The molecule has 100 valence electrons. The van der Waals surface area contributed by atoms with Crippen LogP contribution in [0.3, 0.4) is 0 Å². The second kappa shape index (κ2) is 5.98. The van der Waals surface area contributed by atoms with Gasteiger partial charge in [-0.1, -0.05) is 29.3 Å². The second-order valence-electron chi connectivity index (χ2n) is 5.33. The summed E-state index contributed by atoms with van der Waals surface area (Å²) in [6.45, 7) is 9.48. The number of rotatable bonds is 4. The van der Waals surface area contributed by atoms with Gasteiger partial charge in [-0.15, -0.1) is 0 Å². The molecule has 0 radical (unpaired) electrons. The lowest BCUT2D eigenvalue weighted by molar-refractivity contribution is 0.572. The monoisotopic (exact) mass is 254 g/mol. The van der Waals surface area contributed by atoms with Gasteiger partial charge in [0.2, 0.25) is 0 Å². The van der Waals surface area contributed by atoms with Crippen molar-refractivity contribution in [3.8, 4) is 0 Å². The Hall–Kier alpha value is -1.67. The number of pyridine rings is 1. The molecule has 19 heavy (non-hydrogen) atoms. The SMILES string of the molecule is Cc1cc(C)cc(C(C)NCc2cnccc2C)c1. The predicted octanol–water partition coefficient (Wildman–Crippen LogP) is 3.86. The Kier molecular flexibility index (Phi) is 4.33. The van der Waals surface area contributed by atoms with Crippen LogP contribution in [0.15, 0.2) is 36.7 Å². The molecule has 2 nitrogen and oxygen atoms in total. The minimum atomic E-state index is 0.346. The molecule has 1 heterocycles. The molecule has 0 saturated heterocycles. The summed E-state index contributed by atoms with van der Waals surface area (Å²) in [5.41, 5.74) is 6.54. The number of hydrogen-bond acceptors (Lipinski definition) is 2. The number of aromatic nitrogens is 1. The maximum atomic E-state index is 4.18. The van der Waals surface area contributed by atoms with E-state index in [1.165, 1.54) is 27.8 Å². The van der Waals surface area contributed by atoms with E-state index in [4.69, 9.17) is 0 Å². The fraction of sp³-hybridized carbons (Fsp3) is 0.353. The van der Waals surface area contributed by atoms with Gasteiger partial charge in [0, 0.05) is 25.0 Å². The summed E-state index contributed by atoms with van der Waals surface area (Å²) in [7, 11) is 0. The summed E-state index contributed by atoms with van der Waals surface area (Å²) >= 11 is 0. The van der Waals surface area contributed by atoms with Crippen LogP contribution in [0.25, 0.3) is 0 Å². The molecule has 0 amide bonds. The molecule has 1 aromatic carbocycles. The molecule has 0 aliphatic rings. The number of nitrogens with one attached hydrogen (secondary N) is 1. The first kappa shape index (κ1) is 13.8. The molecule has 2 heteroatoms. The van der Waals surface area contributed by atoms with E-state index in [2.05, 4.69) is 62.3 Å². The van der Waals surface area contributed by atoms with E-state index in [1.807, 2.05) is 12.4 Å². The van der Waals surface area contributed by atoms with Gasteiger partial charge in [-0.25, -0.2) is 0 Å². The molecule has 1 N–H and O–H groups in total. The van der Waals surface area contributed by atoms with Crippen molar-refractivity contribution in [2.45, 2.75) is 40.3 Å². The van der Waals surface area contributed by atoms with E-state index in [1.54, 1.807) is 0 Å². The largest absolute Gasteiger partial charge is 0.306 e. The number of benzene rings is 1. The quantitative estimate of drug-likeness (QED) is 0.896. The molecule has 0 spiro atoms. The summed E-state index contributed by atoms with van der Waals surface area (Å²) in [4.78, 5) is 4.18. The van der Waals surface area contributed by atoms with Gasteiger partial charge in [0.1, 0.15) is 0 Å². The molecular formula is C17H22N2. The van der Waals surface area contributed by atoms with Crippen LogP contribution in [0.1, 0.15) is 40.8 Å². The Morgan fingerprint density at radius 1 is 1.11 bits per heavy atom. The standard InChI is InChI=1S/C17H22N2/c1-12-7-13(2)9-16(8-12)15(4)19-11-17-10-18-6-5-14(17)3/h5-10,15,19H,11H2,1-4H3. The van der Waals surface area contributed by atoms with Gasteiger partial charge in [0.15, 0.2) is 0 Å². The fourth-order valence-corrected chi connectivity index (χ4v) is 2.32. The lowest BCUT2D eigenvalue weighted by Crippen LogP contribution is -2.19. The van der Waals surface area contributed by atoms with Crippen LogP contribution in [0.2, 0.25) is 0 Å². The van der Waals surface area contributed by atoms with Crippen LogP contribution >= 0.6 is 0 Å². The maximum Gasteiger partial charge on any atom is 0.0315 e. The van der Waals surface area contributed by atoms with E-state index in [0.29, 0.717) is 6.04 Å². The molecule has 0 saturated carbocycles. The van der Waals surface area contributed by atoms with Gasteiger partial charge in [0.25, 0.3) is 0 Å². The van der Waals surface area contributed by atoms with Crippen molar-refractivity contribution in [3.63, 3.8) is 0 Å². The summed E-state index contributed by atoms with van der Waals surface area (Å²) in [5.74, 6) is 0. The highest BCUT2D eigenvalue weighted by Crippen LogP contribution is 2.17. The third kappa shape index (κ3) is 3.65. The molecule has 0 bridgehead atoms. The van der Waals surface area contributed by atoms with Crippen LogP contribution in [0.4, 0.5) is 0 Å². The van der Waals surface area contributed by atoms with E-state index in [0.717, 1.165) is 6.54 Å². The first-order chi connectivity index (χ1) is 9.06. The maximum absolute atomic E-state index is 4.18. The predicted molar refractivity (Wildman–Crippen MR) is 80.1 cm³/mol. The summed E-state index contributed by atoms with van der Waals surface area (Å²) in [5, 5.41) is 3.57. The zero-order chi connectivity index (χ0) is 13.8. The van der Waals surface area contributed by atoms with E-state index in [-0.39, 0.29) is 0 Å². The first-order valence-corrected chi connectivity index (χ1v) is 6.77. The van der Waals surface area contributed by atoms with Gasteiger partial charge >= 0.3 is 0 Å². The van der Waals surface area contributed by atoms with Crippen LogP contribution in [-0.4, -0.2) is 4.98 Å². The normalized spacial score (nSPS) is 12.4. The second-order valence-corrected chi connectivity index (χ2v) is 5.33. The molecule has 0 aliphatic heterocycles. The highest BCUT2D eigenvalue weighted by Gasteiger charge is 2.07. The Morgan fingerprint density at radius 2 is 1.79 bits per heavy atom. The lowest BCUT2D eigenvalue weighted by Gasteiger charge is -2.16. The van der Waals surface area contributed by atoms with Gasteiger partial charge in [-0.2, -0.15) is 0 Å². The van der Waals surface area contributed by atoms with Gasteiger partial charge < -0.3 is 5.32 Å².